The van der Waals surface area contributed by atoms with E-state index in [9.17, 15) is 10.1 Å². The van der Waals surface area contributed by atoms with Gasteiger partial charge in [0.25, 0.3) is 5.69 Å². The fourth-order valence-electron chi connectivity index (χ4n) is 3.41. The highest BCUT2D eigenvalue weighted by molar-refractivity contribution is 5.41. The molecule has 102 valence electrons. The van der Waals surface area contributed by atoms with Crippen LogP contribution in [0.1, 0.15) is 18.5 Å². The average molecular weight is 261 g/mol. The van der Waals surface area contributed by atoms with Crippen LogP contribution in [0.2, 0.25) is 0 Å². The zero-order chi connectivity index (χ0) is 13.4. The highest BCUT2D eigenvalue weighted by Gasteiger charge is 2.38. The number of likely N-dealkylation sites (tertiary alicyclic amines) is 1. The van der Waals surface area contributed by atoms with E-state index in [-0.39, 0.29) is 16.7 Å². The molecule has 1 aromatic rings. The van der Waals surface area contributed by atoms with Crippen molar-refractivity contribution < 1.29 is 4.92 Å². The van der Waals surface area contributed by atoms with Crippen molar-refractivity contribution in [3.05, 3.63) is 39.9 Å². The van der Waals surface area contributed by atoms with Crippen LogP contribution in [0.5, 0.6) is 0 Å². The molecular weight excluding hydrogens is 242 g/mol. The van der Waals surface area contributed by atoms with Gasteiger partial charge in [0.1, 0.15) is 0 Å². The summed E-state index contributed by atoms with van der Waals surface area (Å²) in [7, 11) is 0. The first-order chi connectivity index (χ1) is 9.16. The normalized spacial score (nSPS) is 28.3. The Morgan fingerprint density at radius 2 is 1.95 bits per heavy atom. The Balaban J connectivity index is 1.81. The number of fused-ring (bicyclic) bond motifs is 1. The van der Waals surface area contributed by atoms with Gasteiger partial charge >= 0.3 is 0 Å². The largest absolute Gasteiger partial charge is 0.316 e. The van der Waals surface area contributed by atoms with Crippen molar-refractivity contribution in [2.45, 2.75) is 13.0 Å². The molecule has 0 aromatic heterocycles. The van der Waals surface area contributed by atoms with Crippen molar-refractivity contribution >= 4 is 5.69 Å². The molecular formula is C14H19N3O2. The van der Waals surface area contributed by atoms with Crippen molar-refractivity contribution in [1.82, 2.24) is 10.2 Å². The fraction of sp³-hybridized carbons (Fsp3) is 0.571. The Morgan fingerprint density at radius 1 is 1.32 bits per heavy atom. The van der Waals surface area contributed by atoms with E-state index in [4.69, 9.17) is 0 Å². The Labute approximate surface area is 112 Å². The molecule has 3 rings (SSSR count). The van der Waals surface area contributed by atoms with E-state index in [0.29, 0.717) is 11.8 Å². The van der Waals surface area contributed by atoms with Crippen molar-refractivity contribution in [2.75, 3.05) is 26.2 Å². The van der Waals surface area contributed by atoms with Gasteiger partial charge in [-0.1, -0.05) is 18.2 Å². The first-order valence-corrected chi connectivity index (χ1v) is 6.85. The summed E-state index contributed by atoms with van der Waals surface area (Å²) in [6.45, 7) is 6.35. The number of hydrogen-bond donors (Lipinski definition) is 1. The molecule has 19 heavy (non-hydrogen) atoms. The predicted molar refractivity (Wildman–Crippen MR) is 72.9 cm³/mol. The van der Waals surface area contributed by atoms with Gasteiger partial charge in [-0.3, -0.25) is 15.0 Å². The highest BCUT2D eigenvalue weighted by atomic mass is 16.6. The number of benzene rings is 1. The molecule has 5 nitrogen and oxygen atoms in total. The monoisotopic (exact) mass is 261 g/mol. The molecule has 2 saturated heterocycles. The van der Waals surface area contributed by atoms with E-state index in [2.05, 4.69) is 17.1 Å². The van der Waals surface area contributed by atoms with E-state index in [1.165, 1.54) is 0 Å². The van der Waals surface area contributed by atoms with Crippen LogP contribution in [0.3, 0.4) is 0 Å². The zero-order valence-corrected chi connectivity index (χ0v) is 11.1. The molecule has 5 heteroatoms. The van der Waals surface area contributed by atoms with Gasteiger partial charge in [-0.2, -0.15) is 0 Å². The summed E-state index contributed by atoms with van der Waals surface area (Å²) < 4.78 is 0. The van der Waals surface area contributed by atoms with Crippen LogP contribution in [0.25, 0.3) is 0 Å². The first kappa shape index (κ1) is 12.6. The molecule has 0 amide bonds. The lowest BCUT2D eigenvalue weighted by Crippen LogP contribution is -2.28. The van der Waals surface area contributed by atoms with Crippen LogP contribution in [0, 0.1) is 22.0 Å². The zero-order valence-electron chi connectivity index (χ0n) is 11.1. The molecule has 3 atom stereocenters. The lowest BCUT2D eigenvalue weighted by atomic mass is 10.0. The average Bonchev–Trinajstić information content (AvgIpc) is 2.98. The molecule has 0 bridgehead atoms. The second-order valence-electron chi connectivity index (χ2n) is 5.62. The van der Waals surface area contributed by atoms with E-state index in [1.807, 2.05) is 12.1 Å². The third-order valence-corrected chi connectivity index (χ3v) is 4.55. The van der Waals surface area contributed by atoms with E-state index in [0.717, 1.165) is 31.7 Å². The Kier molecular flexibility index (Phi) is 3.24. The van der Waals surface area contributed by atoms with Gasteiger partial charge in [-0.05, 0) is 31.8 Å². The smallest absolute Gasteiger partial charge is 0.274 e. The lowest BCUT2D eigenvalue weighted by molar-refractivity contribution is -0.386. The SMILES string of the molecule is CC(c1ccccc1[N+](=O)[O-])N1C[C@H]2CNC[C@H]2C1. The van der Waals surface area contributed by atoms with E-state index in [1.54, 1.807) is 12.1 Å². The Morgan fingerprint density at radius 3 is 2.58 bits per heavy atom. The molecule has 0 saturated carbocycles. The number of nitro benzene ring substituents is 1. The van der Waals surface area contributed by atoms with E-state index < -0.39 is 0 Å². The maximum Gasteiger partial charge on any atom is 0.274 e. The minimum atomic E-state index is -0.274. The van der Waals surface area contributed by atoms with Gasteiger partial charge < -0.3 is 5.32 Å². The van der Waals surface area contributed by atoms with E-state index >= 15 is 0 Å². The molecule has 1 unspecified atom stereocenters. The van der Waals surface area contributed by atoms with Crippen LogP contribution in [-0.2, 0) is 0 Å². The maximum atomic E-state index is 11.1. The third kappa shape index (κ3) is 2.24. The van der Waals surface area contributed by atoms with Crippen LogP contribution in [-0.4, -0.2) is 36.0 Å². The summed E-state index contributed by atoms with van der Waals surface area (Å²) in [5.74, 6) is 1.43. The molecule has 2 aliphatic rings. The van der Waals surface area contributed by atoms with Gasteiger partial charge in [0.05, 0.1) is 4.92 Å². The molecule has 0 spiro atoms. The van der Waals surface area contributed by atoms with Crippen LogP contribution >= 0.6 is 0 Å². The molecule has 0 aliphatic carbocycles. The minimum Gasteiger partial charge on any atom is -0.316 e. The van der Waals surface area contributed by atoms with Crippen LogP contribution in [0.4, 0.5) is 5.69 Å². The first-order valence-electron chi connectivity index (χ1n) is 6.85. The molecule has 2 heterocycles. The Hall–Kier alpha value is -1.46. The molecule has 1 N–H and O–H groups in total. The third-order valence-electron chi connectivity index (χ3n) is 4.55. The van der Waals surface area contributed by atoms with Crippen molar-refractivity contribution in [3.63, 3.8) is 0 Å². The predicted octanol–water partition coefficient (Wildman–Crippen LogP) is 1.81. The van der Waals surface area contributed by atoms with Gasteiger partial charge in [0, 0.05) is 30.8 Å². The second kappa shape index (κ2) is 4.90. The summed E-state index contributed by atoms with van der Waals surface area (Å²) in [6, 6.07) is 7.22. The molecule has 1 aromatic carbocycles. The van der Waals surface area contributed by atoms with Gasteiger partial charge in [0.2, 0.25) is 0 Å². The Bertz CT molecular complexity index is 479. The van der Waals surface area contributed by atoms with Gasteiger partial charge in [-0.25, -0.2) is 0 Å². The molecule has 0 radical (unpaired) electrons. The summed E-state index contributed by atoms with van der Waals surface area (Å²) in [4.78, 5) is 13.2. The number of rotatable bonds is 3. The summed E-state index contributed by atoms with van der Waals surface area (Å²) >= 11 is 0. The number of nitrogens with zero attached hydrogens (tertiary/aromatic N) is 2. The number of nitrogens with one attached hydrogen (secondary N) is 1. The fourth-order valence-corrected chi connectivity index (χ4v) is 3.41. The van der Waals surface area contributed by atoms with Crippen molar-refractivity contribution in [1.29, 1.82) is 0 Å². The number of hydrogen-bond acceptors (Lipinski definition) is 4. The summed E-state index contributed by atoms with van der Waals surface area (Å²) in [5.41, 5.74) is 1.07. The lowest BCUT2D eigenvalue weighted by Gasteiger charge is -2.25. The molecule has 2 aliphatic heterocycles. The van der Waals surface area contributed by atoms with Crippen LogP contribution < -0.4 is 5.32 Å². The summed E-state index contributed by atoms with van der Waals surface area (Å²) in [6.07, 6.45) is 0. The highest BCUT2D eigenvalue weighted by Crippen LogP contribution is 2.35. The quantitative estimate of drug-likeness (QED) is 0.666. The topological polar surface area (TPSA) is 58.4 Å². The van der Waals surface area contributed by atoms with Crippen molar-refractivity contribution in [3.8, 4) is 0 Å². The van der Waals surface area contributed by atoms with Gasteiger partial charge in [0.15, 0.2) is 0 Å². The van der Waals surface area contributed by atoms with Crippen molar-refractivity contribution in [2.24, 2.45) is 11.8 Å². The standard InChI is InChI=1S/C14H19N3O2/c1-10(13-4-2-3-5-14(13)17(18)19)16-8-11-6-15-7-12(11)9-16/h2-5,10-12,15H,6-9H2,1H3/t10?,11-,12+. The minimum absolute atomic E-state index is 0.118. The number of para-hydroxylation sites is 1. The summed E-state index contributed by atoms with van der Waals surface area (Å²) in [5, 5.41) is 14.5. The second-order valence-corrected chi connectivity index (χ2v) is 5.62. The number of nitro groups is 1. The van der Waals surface area contributed by atoms with Gasteiger partial charge in [-0.15, -0.1) is 0 Å². The van der Waals surface area contributed by atoms with Crippen LogP contribution in [0.15, 0.2) is 24.3 Å². The maximum absolute atomic E-state index is 11.1. The molecule has 2 fully saturated rings.